The number of sulfonamides is 1. The highest BCUT2D eigenvalue weighted by atomic mass is 32.2. The van der Waals surface area contributed by atoms with Gasteiger partial charge in [-0.3, -0.25) is 9.59 Å². The molecule has 3 N–H and O–H groups in total. The highest BCUT2D eigenvalue weighted by Crippen LogP contribution is 2.37. The molecule has 0 spiro atoms. The Morgan fingerprint density at radius 2 is 1.49 bits per heavy atom. The molecule has 0 aromatic heterocycles. The molecule has 2 aliphatic rings. The van der Waals surface area contributed by atoms with E-state index in [0.717, 1.165) is 29.7 Å². The fraction of sp³-hybridized carbons (Fsp3) is 0.375. The van der Waals surface area contributed by atoms with E-state index in [0.29, 0.717) is 49.9 Å². The van der Waals surface area contributed by atoms with Crippen molar-refractivity contribution in [2.45, 2.75) is 55.6 Å². The van der Waals surface area contributed by atoms with Crippen molar-refractivity contribution < 1.29 is 31.2 Å². The summed E-state index contributed by atoms with van der Waals surface area (Å²) in [4.78, 5) is 28.4. The third-order valence-electron chi connectivity index (χ3n) is 8.61. The van der Waals surface area contributed by atoms with Crippen LogP contribution in [0.3, 0.4) is 0 Å². The van der Waals surface area contributed by atoms with Crippen molar-refractivity contribution >= 4 is 21.8 Å². The molecule has 2 fully saturated rings. The van der Waals surface area contributed by atoms with E-state index in [1.807, 2.05) is 12.1 Å². The number of likely N-dealkylation sites (tertiary alicyclic amines) is 1. The molecule has 228 valence electrons. The van der Waals surface area contributed by atoms with Gasteiger partial charge in [-0.2, -0.15) is 13.2 Å². The van der Waals surface area contributed by atoms with Gasteiger partial charge in [-0.05, 0) is 66.5 Å². The molecule has 0 radical (unpaired) electrons. The predicted molar refractivity (Wildman–Crippen MR) is 156 cm³/mol. The van der Waals surface area contributed by atoms with E-state index in [1.165, 1.54) is 18.2 Å². The van der Waals surface area contributed by atoms with Crippen molar-refractivity contribution in [2.75, 3.05) is 13.1 Å². The largest absolute Gasteiger partial charge is 0.416 e. The lowest BCUT2D eigenvalue weighted by atomic mass is 9.87. The summed E-state index contributed by atoms with van der Waals surface area (Å²) in [5.74, 6) is -0.908. The molecule has 1 aliphatic carbocycles. The second kappa shape index (κ2) is 12.5. The monoisotopic (exact) mass is 613 g/mol. The second-order valence-corrected chi connectivity index (χ2v) is 12.8. The van der Waals surface area contributed by atoms with E-state index in [9.17, 15) is 31.2 Å². The standard InChI is InChI=1S/C32H34F3N3O4S/c33-32(34,35)25-14-12-22(13-15-25)23-16-18-38(19-17-23)31(40)28-6-3-5-27(28)30(39)37-20-21-8-10-24(11-9-21)26-4-1-2-7-29(26)43(36,41)42/h1-2,4,7-15,23,27-28H,3,5-6,16-20H2,(H,37,39)(H2,36,41,42). The molecule has 7 nitrogen and oxygen atoms in total. The van der Waals surface area contributed by atoms with Crippen LogP contribution in [0.5, 0.6) is 0 Å². The number of amides is 2. The Hall–Kier alpha value is -3.70. The highest BCUT2D eigenvalue weighted by Gasteiger charge is 2.40. The van der Waals surface area contributed by atoms with Crippen LogP contribution in [-0.4, -0.2) is 38.2 Å². The summed E-state index contributed by atoms with van der Waals surface area (Å²) in [6, 6.07) is 18.9. The lowest BCUT2D eigenvalue weighted by Gasteiger charge is -2.35. The summed E-state index contributed by atoms with van der Waals surface area (Å²) in [6.07, 6.45) is -0.972. The molecule has 43 heavy (non-hydrogen) atoms. The van der Waals surface area contributed by atoms with Crippen molar-refractivity contribution in [3.8, 4) is 11.1 Å². The van der Waals surface area contributed by atoms with E-state index in [1.54, 1.807) is 35.2 Å². The maximum atomic E-state index is 13.4. The maximum absolute atomic E-state index is 13.4. The first kappa shape index (κ1) is 30.7. The van der Waals surface area contributed by atoms with Gasteiger partial charge in [0.1, 0.15) is 0 Å². The number of nitrogens with one attached hydrogen (secondary N) is 1. The van der Waals surface area contributed by atoms with Gasteiger partial charge >= 0.3 is 6.18 Å². The Morgan fingerprint density at radius 3 is 2.12 bits per heavy atom. The van der Waals surface area contributed by atoms with Gasteiger partial charge in [-0.1, -0.05) is 61.0 Å². The zero-order valence-corrected chi connectivity index (χ0v) is 24.3. The highest BCUT2D eigenvalue weighted by molar-refractivity contribution is 7.89. The molecular weight excluding hydrogens is 579 g/mol. The number of nitrogens with two attached hydrogens (primary N) is 1. The first-order chi connectivity index (χ1) is 20.4. The van der Waals surface area contributed by atoms with Crippen LogP contribution >= 0.6 is 0 Å². The van der Waals surface area contributed by atoms with Crippen molar-refractivity contribution in [3.05, 3.63) is 89.5 Å². The van der Waals surface area contributed by atoms with Crippen LogP contribution in [0.2, 0.25) is 0 Å². The summed E-state index contributed by atoms with van der Waals surface area (Å²) in [5, 5.41) is 8.32. The average molecular weight is 614 g/mol. The lowest BCUT2D eigenvalue weighted by Crippen LogP contribution is -2.44. The van der Waals surface area contributed by atoms with Gasteiger partial charge in [0.2, 0.25) is 21.8 Å². The summed E-state index contributed by atoms with van der Waals surface area (Å²) in [7, 11) is -3.89. The molecule has 1 heterocycles. The van der Waals surface area contributed by atoms with E-state index < -0.39 is 27.7 Å². The quantitative estimate of drug-likeness (QED) is 0.369. The Balaban J connectivity index is 1.15. The fourth-order valence-electron chi connectivity index (χ4n) is 6.26. The van der Waals surface area contributed by atoms with Crippen LogP contribution in [0, 0.1) is 11.8 Å². The third-order valence-corrected chi connectivity index (χ3v) is 9.58. The minimum atomic E-state index is -4.37. The third kappa shape index (κ3) is 7.10. The number of carbonyl (C=O) groups excluding carboxylic acids is 2. The number of halogens is 3. The van der Waals surface area contributed by atoms with Crippen LogP contribution in [0.1, 0.15) is 54.7 Å². The smallest absolute Gasteiger partial charge is 0.352 e. The number of primary sulfonamides is 1. The summed E-state index contributed by atoms with van der Waals surface area (Å²) in [6.45, 7) is 1.29. The van der Waals surface area contributed by atoms with E-state index >= 15 is 0 Å². The first-order valence-electron chi connectivity index (χ1n) is 14.4. The van der Waals surface area contributed by atoms with E-state index in [4.69, 9.17) is 5.14 Å². The molecule has 5 rings (SSSR count). The summed E-state index contributed by atoms with van der Waals surface area (Å²) in [5.41, 5.74) is 2.19. The predicted octanol–water partition coefficient (Wildman–Crippen LogP) is 5.46. The van der Waals surface area contributed by atoms with Gasteiger partial charge in [0.05, 0.1) is 10.5 Å². The topological polar surface area (TPSA) is 110 Å². The number of alkyl halides is 3. The minimum absolute atomic E-state index is 0.0265. The molecule has 1 saturated heterocycles. The zero-order chi connectivity index (χ0) is 30.8. The molecule has 1 aliphatic heterocycles. The normalized spacial score (nSPS) is 19.8. The van der Waals surface area contributed by atoms with Gasteiger partial charge in [0.25, 0.3) is 0 Å². The number of benzene rings is 3. The number of rotatable bonds is 7. The number of nitrogens with zero attached hydrogens (tertiary/aromatic N) is 1. The molecule has 3 aromatic rings. The number of hydrogen-bond donors (Lipinski definition) is 2. The molecule has 3 aromatic carbocycles. The van der Waals surface area contributed by atoms with Gasteiger partial charge in [-0.15, -0.1) is 0 Å². The Morgan fingerprint density at radius 1 is 0.860 bits per heavy atom. The average Bonchev–Trinajstić information content (AvgIpc) is 3.49. The molecule has 1 saturated carbocycles. The fourth-order valence-corrected chi connectivity index (χ4v) is 7.02. The second-order valence-electron chi connectivity index (χ2n) is 11.3. The molecule has 2 atom stereocenters. The first-order valence-corrected chi connectivity index (χ1v) is 15.9. The molecule has 11 heteroatoms. The molecule has 2 unspecified atom stereocenters. The van der Waals surface area contributed by atoms with Crippen LogP contribution in [0.15, 0.2) is 77.7 Å². The summed E-state index contributed by atoms with van der Waals surface area (Å²) >= 11 is 0. The van der Waals surface area contributed by atoms with Crippen LogP contribution in [0.25, 0.3) is 11.1 Å². The van der Waals surface area contributed by atoms with E-state index in [-0.39, 0.29) is 35.1 Å². The minimum Gasteiger partial charge on any atom is -0.352 e. The Labute approximate surface area is 249 Å². The van der Waals surface area contributed by atoms with Gasteiger partial charge in [0.15, 0.2) is 0 Å². The maximum Gasteiger partial charge on any atom is 0.416 e. The van der Waals surface area contributed by atoms with E-state index in [2.05, 4.69) is 5.32 Å². The van der Waals surface area contributed by atoms with Gasteiger partial charge in [-0.25, -0.2) is 13.6 Å². The number of piperidine rings is 1. The van der Waals surface area contributed by atoms with Crippen LogP contribution in [-0.2, 0) is 32.3 Å². The van der Waals surface area contributed by atoms with Gasteiger partial charge in [0, 0.05) is 37.0 Å². The number of carbonyl (C=O) groups is 2. The SMILES string of the molecule is NS(=O)(=O)c1ccccc1-c1ccc(CNC(=O)C2CCCC2C(=O)N2CCC(c3ccc(C(F)(F)F)cc3)CC2)cc1. The molecule has 0 bridgehead atoms. The molecular formula is C32H34F3N3O4S. The van der Waals surface area contributed by atoms with Gasteiger partial charge < -0.3 is 10.2 Å². The Kier molecular flexibility index (Phi) is 8.94. The van der Waals surface area contributed by atoms with Crippen molar-refractivity contribution in [1.82, 2.24) is 10.2 Å². The van der Waals surface area contributed by atoms with Crippen molar-refractivity contribution in [1.29, 1.82) is 0 Å². The van der Waals surface area contributed by atoms with Crippen LogP contribution in [0.4, 0.5) is 13.2 Å². The van der Waals surface area contributed by atoms with Crippen LogP contribution < -0.4 is 10.5 Å². The lowest BCUT2D eigenvalue weighted by molar-refractivity contribution is -0.141. The zero-order valence-electron chi connectivity index (χ0n) is 23.5. The van der Waals surface area contributed by atoms with Crippen molar-refractivity contribution in [2.24, 2.45) is 17.0 Å². The molecule has 2 amide bonds. The van der Waals surface area contributed by atoms with Crippen molar-refractivity contribution in [3.63, 3.8) is 0 Å². The number of hydrogen-bond acceptors (Lipinski definition) is 4. The summed E-state index contributed by atoms with van der Waals surface area (Å²) < 4.78 is 62.6. The Bertz CT molecular complexity index is 1570.